The van der Waals surface area contributed by atoms with Crippen LogP contribution in [0.3, 0.4) is 0 Å². The highest BCUT2D eigenvalue weighted by atomic mass is 19.3. The lowest BCUT2D eigenvalue weighted by Crippen LogP contribution is -2.26. The molecule has 0 aliphatic carbocycles. The van der Waals surface area contributed by atoms with Crippen molar-refractivity contribution in [2.45, 2.75) is 13.0 Å². The number of rotatable bonds is 7. The minimum atomic E-state index is -2.88. The number of carbonyl (C=O) groups excluding carboxylic acids is 1. The Morgan fingerprint density at radius 3 is 2.46 bits per heavy atom. The lowest BCUT2D eigenvalue weighted by molar-refractivity contribution is -0.385. The Hall–Kier alpha value is -3.03. The van der Waals surface area contributed by atoms with Crippen LogP contribution in [0.5, 0.6) is 5.75 Å². The fourth-order valence-electron chi connectivity index (χ4n) is 2.08. The summed E-state index contributed by atoms with van der Waals surface area (Å²) in [5.74, 6) is -0.488. The van der Waals surface area contributed by atoms with Gasteiger partial charge >= 0.3 is 6.61 Å². The number of carbonyl (C=O) groups is 1. The standard InChI is InChI=1S/C16H14F2N2O4/c17-16(18)24-12-7-5-11(6-8-12)9-10-19-15(21)13-3-1-2-4-14(13)20(22)23/h1-8,16H,9-10H2,(H,19,21). The van der Waals surface area contributed by atoms with Gasteiger partial charge in [-0.1, -0.05) is 24.3 Å². The molecular formula is C16H14F2N2O4. The first-order valence-corrected chi connectivity index (χ1v) is 7.02. The zero-order valence-corrected chi connectivity index (χ0v) is 12.4. The van der Waals surface area contributed by atoms with Gasteiger partial charge in [0.2, 0.25) is 0 Å². The highest BCUT2D eigenvalue weighted by Crippen LogP contribution is 2.17. The Kier molecular flexibility index (Phi) is 5.78. The van der Waals surface area contributed by atoms with Crippen molar-refractivity contribution in [3.63, 3.8) is 0 Å². The Morgan fingerprint density at radius 1 is 1.17 bits per heavy atom. The Morgan fingerprint density at radius 2 is 1.83 bits per heavy atom. The molecule has 6 nitrogen and oxygen atoms in total. The molecule has 0 atom stereocenters. The molecule has 2 rings (SSSR count). The minimum Gasteiger partial charge on any atom is -0.435 e. The van der Waals surface area contributed by atoms with E-state index in [0.29, 0.717) is 6.42 Å². The van der Waals surface area contributed by atoms with Crippen molar-refractivity contribution >= 4 is 11.6 Å². The highest BCUT2D eigenvalue weighted by molar-refractivity contribution is 5.98. The van der Waals surface area contributed by atoms with Crippen LogP contribution in [0.15, 0.2) is 48.5 Å². The van der Waals surface area contributed by atoms with Crippen LogP contribution in [-0.4, -0.2) is 24.0 Å². The van der Waals surface area contributed by atoms with Gasteiger partial charge in [-0.15, -0.1) is 0 Å². The number of amides is 1. The number of halogens is 2. The second kappa shape index (κ2) is 8.00. The van der Waals surface area contributed by atoms with Crippen LogP contribution in [0.1, 0.15) is 15.9 Å². The quantitative estimate of drug-likeness (QED) is 0.622. The first-order chi connectivity index (χ1) is 11.5. The summed E-state index contributed by atoms with van der Waals surface area (Å²) in [6, 6.07) is 11.7. The molecule has 24 heavy (non-hydrogen) atoms. The summed E-state index contributed by atoms with van der Waals surface area (Å²) in [5, 5.41) is 13.5. The first-order valence-electron chi connectivity index (χ1n) is 7.02. The molecule has 0 spiro atoms. The Labute approximate surface area is 136 Å². The number of nitro groups is 1. The minimum absolute atomic E-state index is 0.0109. The van der Waals surface area contributed by atoms with Gasteiger partial charge in [0.05, 0.1) is 4.92 Å². The third-order valence-electron chi connectivity index (χ3n) is 3.19. The Balaban J connectivity index is 1.90. The summed E-state index contributed by atoms with van der Waals surface area (Å²) in [4.78, 5) is 22.3. The number of benzene rings is 2. The molecule has 0 aliphatic rings. The van der Waals surface area contributed by atoms with Crippen molar-refractivity contribution in [3.8, 4) is 5.75 Å². The van der Waals surface area contributed by atoms with Crippen molar-refractivity contribution in [1.82, 2.24) is 5.32 Å². The lowest BCUT2D eigenvalue weighted by Gasteiger charge is -2.07. The summed E-state index contributed by atoms with van der Waals surface area (Å²) in [6.45, 7) is -2.63. The molecule has 1 N–H and O–H groups in total. The molecule has 1 amide bonds. The van der Waals surface area contributed by atoms with Crippen molar-refractivity contribution < 1.29 is 23.2 Å². The van der Waals surface area contributed by atoms with E-state index < -0.39 is 17.4 Å². The maximum atomic E-state index is 12.0. The second-order valence-electron chi connectivity index (χ2n) is 4.80. The number of nitro benzene ring substituents is 1. The Bertz CT molecular complexity index is 720. The van der Waals surface area contributed by atoms with Crippen molar-refractivity contribution in [3.05, 3.63) is 69.8 Å². The number of hydrogen-bond acceptors (Lipinski definition) is 4. The number of ether oxygens (including phenoxy) is 1. The van der Waals surface area contributed by atoms with E-state index in [2.05, 4.69) is 10.1 Å². The normalized spacial score (nSPS) is 10.5. The molecular weight excluding hydrogens is 322 g/mol. The number of para-hydroxylation sites is 1. The first kappa shape index (κ1) is 17.3. The van der Waals surface area contributed by atoms with Gasteiger partial charge < -0.3 is 10.1 Å². The predicted molar refractivity (Wildman–Crippen MR) is 82.2 cm³/mol. The van der Waals surface area contributed by atoms with Gasteiger partial charge in [-0.05, 0) is 30.2 Å². The van der Waals surface area contributed by atoms with Gasteiger partial charge in [-0.2, -0.15) is 8.78 Å². The van der Waals surface area contributed by atoms with E-state index in [0.717, 1.165) is 5.56 Å². The second-order valence-corrected chi connectivity index (χ2v) is 4.80. The van der Waals surface area contributed by atoms with Crippen molar-refractivity contribution in [1.29, 1.82) is 0 Å². The molecule has 8 heteroatoms. The van der Waals surface area contributed by atoms with Gasteiger partial charge in [0, 0.05) is 12.6 Å². The molecule has 126 valence electrons. The van der Waals surface area contributed by atoms with Crippen LogP contribution in [0, 0.1) is 10.1 Å². The molecule has 0 radical (unpaired) electrons. The molecule has 0 saturated heterocycles. The molecule has 0 saturated carbocycles. The summed E-state index contributed by atoms with van der Waals surface area (Å²) >= 11 is 0. The molecule has 0 heterocycles. The van der Waals surface area contributed by atoms with Crippen LogP contribution in [0.25, 0.3) is 0 Å². The summed E-state index contributed by atoms with van der Waals surface area (Å²) in [6.07, 6.45) is 0.446. The average molecular weight is 336 g/mol. The zero-order chi connectivity index (χ0) is 17.5. The van der Waals surface area contributed by atoms with Gasteiger partial charge in [-0.3, -0.25) is 14.9 Å². The number of hydrogen-bond donors (Lipinski definition) is 1. The van der Waals surface area contributed by atoms with Crippen molar-refractivity contribution in [2.24, 2.45) is 0 Å². The van der Waals surface area contributed by atoms with Crippen molar-refractivity contribution in [2.75, 3.05) is 6.54 Å². The van der Waals surface area contributed by atoms with E-state index >= 15 is 0 Å². The van der Waals surface area contributed by atoms with Crippen LogP contribution < -0.4 is 10.1 Å². The smallest absolute Gasteiger partial charge is 0.387 e. The van der Waals surface area contributed by atoms with Crippen LogP contribution in [0.2, 0.25) is 0 Å². The van der Waals surface area contributed by atoms with E-state index in [9.17, 15) is 23.7 Å². The van der Waals surface area contributed by atoms with E-state index in [4.69, 9.17) is 0 Å². The van der Waals surface area contributed by atoms with Crippen LogP contribution in [0.4, 0.5) is 14.5 Å². The van der Waals surface area contributed by atoms with E-state index in [1.165, 1.54) is 30.3 Å². The lowest BCUT2D eigenvalue weighted by atomic mass is 10.1. The molecule has 0 fully saturated rings. The maximum Gasteiger partial charge on any atom is 0.387 e. The summed E-state index contributed by atoms with van der Waals surface area (Å²) < 4.78 is 28.3. The summed E-state index contributed by atoms with van der Waals surface area (Å²) in [7, 11) is 0. The molecule has 0 aromatic heterocycles. The SMILES string of the molecule is O=C(NCCc1ccc(OC(F)F)cc1)c1ccccc1[N+](=O)[O-]. The highest BCUT2D eigenvalue weighted by Gasteiger charge is 2.18. The van der Waals surface area contributed by atoms with E-state index in [1.807, 2.05) is 0 Å². The van der Waals surface area contributed by atoms with Gasteiger partial charge in [0.25, 0.3) is 11.6 Å². The molecule has 0 bridgehead atoms. The maximum absolute atomic E-state index is 12.0. The van der Waals surface area contributed by atoms with E-state index in [1.54, 1.807) is 18.2 Å². The van der Waals surface area contributed by atoms with Gasteiger partial charge in [0.15, 0.2) is 0 Å². The van der Waals surface area contributed by atoms with Gasteiger partial charge in [-0.25, -0.2) is 0 Å². The average Bonchev–Trinajstić information content (AvgIpc) is 2.56. The monoisotopic (exact) mass is 336 g/mol. The molecule has 0 unspecified atom stereocenters. The molecule has 0 aliphatic heterocycles. The van der Waals surface area contributed by atoms with Crippen LogP contribution in [-0.2, 0) is 6.42 Å². The fourth-order valence-corrected chi connectivity index (χ4v) is 2.08. The zero-order valence-electron chi connectivity index (χ0n) is 12.4. The third kappa shape index (κ3) is 4.73. The molecule has 2 aromatic carbocycles. The number of nitrogens with one attached hydrogen (secondary N) is 1. The third-order valence-corrected chi connectivity index (χ3v) is 3.19. The predicted octanol–water partition coefficient (Wildman–Crippen LogP) is 3.17. The number of nitrogens with zero attached hydrogens (tertiary/aromatic N) is 1. The summed E-state index contributed by atoms with van der Waals surface area (Å²) in [5.41, 5.74) is 0.533. The van der Waals surface area contributed by atoms with Gasteiger partial charge in [0.1, 0.15) is 11.3 Å². The fraction of sp³-hybridized carbons (Fsp3) is 0.188. The van der Waals surface area contributed by atoms with E-state index in [-0.39, 0.29) is 23.5 Å². The topological polar surface area (TPSA) is 81.5 Å². The largest absolute Gasteiger partial charge is 0.435 e. The molecule has 2 aromatic rings. The number of alkyl halides is 2. The van der Waals surface area contributed by atoms with Crippen LogP contribution >= 0.6 is 0 Å².